The number of ether oxygens (including phenoxy) is 1. The molecule has 0 aromatic heterocycles. The summed E-state index contributed by atoms with van der Waals surface area (Å²) in [7, 11) is 0. The summed E-state index contributed by atoms with van der Waals surface area (Å²) in [5.74, 6) is -3.09. The van der Waals surface area contributed by atoms with Crippen LogP contribution in [-0.2, 0) is 14.3 Å². The minimum absolute atomic E-state index is 0.0385. The minimum Gasteiger partial charge on any atom is -0.449 e. The van der Waals surface area contributed by atoms with E-state index in [4.69, 9.17) is 4.74 Å². The smallest absolute Gasteiger partial charge is 0.338 e. The van der Waals surface area contributed by atoms with Gasteiger partial charge in [-0.15, -0.1) is 11.8 Å². The first kappa shape index (κ1) is 19.8. The SMILES string of the molecule is C[C@@H](OC(=O)c1ccc2c(c1)NC(=O)CCS2)C(=O)Nc1ccc(F)c(F)c1. The van der Waals surface area contributed by atoms with E-state index in [1.54, 1.807) is 12.1 Å². The van der Waals surface area contributed by atoms with Gasteiger partial charge in [0.2, 0.25) is 5.91 Å². The molecule has 6 nitrogen and oxygen atoms in total. The summed E-state index contributed by atoms with van der Waals surface area (Å²) < 4.78 is 31.3. The van der Waals surface area contributed by atoms with Crippen LogP contribution in [0.15, 0.2) is 41.3 Å². The van der Waals surface area contributed by atoms with Crippen molar-refractivity contribution in [2.24, 2.45) is 0 Å². The Balaban J connectivity index is 1.65. The van der Waals surface area contributed by atoms with Crippen molar-refractivity contribution in [1.29, 1.82) is 0 Å². The second-order valence-electron chi connectivity index (χ2n) is 6.02. The van der Waals surface area contributed by atoms with Gasteiger partial charge < -0.3 is 15.4 Å². The molecular formula is C19H16F2N2O4S. The first-order chi connectivity index (χ1) is 13.3. The largest absolute Gasteiger partial charge is 0.449 e. The van der Waals surface area contributed by atoms with E-state index in [9.17, 15) is 23.2 Å². The van der Waals surface area contributed by atoms with Gasteiger partial charge in [-0.2, -0.15) is 0 Å². The minimum atomic E-state index is -1.18. The molecule has 0 bridgehead atoms. The van der Waals surface area contributed by atoms with Crippen LogP contribution < -0.4 is 10.6 Å². The number of halogens is 2. The van der Waals surface area contributed by atoms with E-state index in [0.29, 0.717) is 17.9 Å². The molecule has 1 aliphatic heterocycles. The molecule has 2 aromatic rings. The highest BCUT2D eigenvalue weighted by Gasteiger charge is 2.21. The van der Waals surface area contributed by atoms with E-state index in [1.165, 1.54) is 30.8 Å². The van der Waals surface area contributed by atoms with Crippen LogP contribution in [0.25, 0.3) is 0 Å². The van der Waals surface area contributed by atoms with Crippen molar-refractivity contribution in [3.8, 4) is 0 Å². The van der Waals surface area contributed by atoms with Crippen LogP contribution in [0.3, 0.4) is 0 Å². The number of esters is 1. The average molecular weight is 406 g/mol. The highest BCUT2D eigenvalue weighted by atomic mass is 32.2. The fourth-order valence-corrected chi connectivity index (χ4v) is 3.38. The van der Waals surface area contributed by atoms with Crippen molar-refractivity contribution in [3.05, 3.63) is 53.6 Å². The number of benzene rings is 2. The first-order valence-electron chi connectivity index (χ1n) is 8.37. The molecule has 1 atom stereocenters. The van der Waals surface area contributed by atoms with Crippen molar-refractivity contribution in [2.75, 3.05) is 16.4 Å². The predicted molar refractivity (Wildman–Crippen MR) is 100 cm³/mol. The molecule has 0 saturated carbocycles. The van der Waals surface area contributed by atoms with E-state index in [-0.39, 0.29) is 17.2 Å². The number of hydrogen-bond acceptors (Lipinski definition) is 5. The lowest BCUT2D eigenvalue weighted by Crippen LogP contribution is -2.30. The zero-order valence-corrected chi connectivity index (χ0v) is 15.6. The van der Waals surface area contributed by atoms with Crippen molar-refractivity contribution in [3.63, 3.8) is 0 Å². The molecule has 2 amide bonds. The number of thioether (sulfide) groups is 1. The second kappa shape index (κ2) is 8.39. The summed E-state index contributed by atoms with van der Waals surface area (Å²) in [6.45, 7) is 1.36. The average Bonchev–Trinajstić information content (AvgIpc) is 2.84. The molecule has 146 valence electrons. The summed E-state index contributed by atoms with van der Waals surface area (Å²) in [6.07, 6.45) is -0.802. The molecule has 0 unspecified atom stereocenters. The maximum absolute atomic E-state index is 13.2. The molecule has 0 fully saturated rings. The lowest BCUT2D eigenvalue weighted by atomic mass is 10.2. The molecule has 28 heavy (non-hydrogen) atoms. The monoisotopic (exact) mass is 406 g/mol. The number of carbonyl (C=O) groups is 3. The van der Waals surface area contributed by atoms with Crippen LogP contribution in [0.2, 0.25) is 0 Å². The zero-order valence-electron chi connectivity index (χ0n) is 14.8. The van der Waals surface area contributed by atoms with Gasteiger partial charge in [-0.05, 0) is 37.3 Å². The van der Waals surface area contributed by atoms with Gasteiger partial charge in [0.25, 0.3) is 5.91 Å². The van der Waals surface area contributed by atoms with Crippen molar-refractivity contribution >= 4 is 40.9 Å². The summed E-state index contributed by atoms with van der Waals surface area (Å²) in [6, 6.07) is 7.64. The van der Waals surface area contributed by atoms with Crippen LogP contribution in [0.4, 0.5) is 20.2 Å². The summed E-state index contributed by atoms with van der Waals surface area (Å²) in [5.41, 5.74) is 0.728. The van der Waals surface area contributed by atoms with E-state index < -0.39 is 29.6 Å². The normalized spacial score (nSPS) is 14.3. The van der Waals surface area contributed by atoms with Crippen LogP contribution in [0.5, 0.6) is 0 Å². The Morgan fingerprint density at radius 3 is 2.71 bits per heavy atom. The molecule has 2 N–H and O–H groups in total. The summed E-state index contributed by atoms with van der Waals surface area (Å²) in [4.78, 5) is 37.0. The molecule has 1 heterocycles. The van der Waals surface area contributed by atoms with Gasteiger partial charge in [-0.1, -0.05) is 0 Å². The number of hydrogen-bond donors (Lipinski definition) is 2. The number of anilines is 2. The molecule has 3 rings (SSSR count). The zero-order chi connectivity index (χ0) is 20.3. The number of carbonyl (C=O) groups excluding carboxylic acids is 3. The maximum atomic E-state index is 13.2. The van der Waals surface area contributed by atoms with Crippen molar-refractivity contribution < 1.29 is 27.9 Å². The van der Waals surface area contributed by atoms with Gasteiger partial charge in [0.15, 0.2) is 17.7 Å². The van der Waals surface area contributed by atoms with Crippen molar-refractivity contribution in [2.45, 2.75) is 24.3 Å². The summed E-state index contributed by atoms with van der Waals surface area (Å²) in [5, 5.41) is 5.07. The Kier molecular flexibility index (Phi) is 5.93. The summed E-state index contributed by atoms with van der Waals surface area (Å²) >= 11 is 1.50. The first-order valence-corrected chi connectivity index (χ1v) is 9.35. The van der Waals surface area contributed by atoms with Gasteiger partial charge in [-0.25, -0.2) is 13.6 Å². The molecule has 1 aliphatic rings. The number of fused-ring (bicyclic) bond motifs is 1. The number of rotatable bonds is 4. The molecule has 0 spiro atoms. The van der Waals surface area contributed by atoms with E-state index in [2.05, 4.69) is 10.6 Å². The van der Waals surface area contributed by atoms with Crippen LogP contribution in [0.1, 0.15) is 23.7 Å². The standard InChI is InChI=1S/C19H16F2N2O4S/c1-10(18(25)22-12-3-4-13(20)14(21)9-12)27-19(26)11-2-5-16-15(8-11)23-17(24)6-7-28-16/h2-5,8-10H,6-7H2,1H3,(H,22,25)(H,23,24)/t10-/m1/s1. The van der Waals surface area contributed by atoms with Gasteiger partial charge in [0.1, 0.15) is 0 Å². The highest BCUT2D eigenvalue weighted by Crippen LogP contribution is 2.31. The third kappa shape index (κ3) is 4.66. The topological polar surface area (TPSA) is 84.5 Å². The Bertz CT molecular complexity index is 952. The van der Waals surface area contributed by atoms with Gasteiger partial charge >= 0.3 is 5.97 Å². The Morgan fingerprint density at radius 1 is 1.18 bits per heavy atom. The molecule has 2 aromatic carbocycles. The van der Waals surface area contributed by atoms with Crippen LogP contribution in [0, 0.1) is 11.6 Å². The van der Waals surface area contributed by atoms with E-state index in [1.807, 2.05) is 0 Å². The van der Waals surface area contributed by atoms with Crippen LogP contribution >= 0.6 is 11.8 Å². The molecule has 0 aliphatic carbocycles. The lowest BCUT2D eigenvalue weighted by molar-refractivity contribution is -0.123. The Labute approximate surface area is 163 Å². The highest BCUT2D eigenvalue weighted by molar-refractivity contribution is 7.99. The van der Waals surface area contributed by atoms with Gasteiger partial charge in [-0.3, -0.25) is 9.59 Å². The van der Waals surface area contributed by atoms with Crippen molar-refractivity contribution in [1.82, 2.24) is 0 Å². The molecule has 0 radical (unpaired) electrons. The quantitative estimate of drug-likeness (QED) is 0.759. The third-order valence-electron chi connectivity index (χ3n) is 3.92. The fraction of sp³-hybridized carbons (Fsp3) is 0.211. The maximum Gasteiger partial charge on any atom is 0.338 e. The van der Waals surface area contributed by atoms with E-state index >= 15 is 0 Å². The molecule has 0 saturated heterocycles. The molecular weight excluding hydrogens is 390 g/mol. The fourth-order valence-electron chi connectivity index (χ4n) is 2.45. The predicted octanol–water partition coefficient (Wildman–Crippen LogP) is 3.58. The molecule has 9 heteroatoms. The second-order valence-corrected chi connectivity index (χ2v) is 7.16. The Morgan fingerprint density at radius 2 is 1.96 bits per heavy atom. The Hall–Kier alpha value is -2.94. The number of amides is 2. The van der Waals surface area contributed by atoms with Crippen LogP contribution in [-0.4, -0.2) is 29.6 Å². The number of nitrogens with one attached hydrogen (secondary N) is 2. The van der Waals surface area contributed by atoms with E-state index in [0.717, 1.165) is 17.0 Å². The van der Waals surface area contributed by atoms with Gasteiger partial charge in [0, 0.05) is 28.8 Å². The van der Waals surface area contributed by atoms with Gasteiger partial charge in [0.05, 0.1) is 11.3 Å². The lowest BCUT2D eigenvalue weighted by Gasteiger charge is -2.14. The third-order valence-corrected chi connectivity index (χ3v) is 4.99.